The predicted octanol–water partition coefficient (Wildman–Crippen LogP) is 1.50. The van der Waals surface area contributed by atoms with Gasteiger partial charge in [0.05, 0.1) is 6.26 Å². The van der Waals surface area contributed by atoms with Gasteiger partial charge in [0.15, 0.2) is 0 Å². The lowest BCUT2D eigenvalue weighted by Crippen LogP contribution is -2.41. The van der Waals surface area contributed by atoms with Gasteiger partial charge >= 0.3 is 0 Å². The molecule has 0 fully saturated rings. The molecule has 0 saturated heterocycles. The van der Waals surface area contributed by atoms with Crippen LogP contribution in [0, 0.1) is 0 Å². The largest absolute Gasteiger partial charge is 0.497 e. The molecule has 1 heterocycles. The topological polar surface area (TPSA) is 35.2 Å². The molecule has 2 nitrogen and oxygen atoms in total. The lowest BCUT2D eigenvalue weighted by atomic mass is 9.82. The van der Waals surface area contributed by atoms with Crippen LogP contribution >= 0.6 is 0 Å². The number of allylic oxidation sites excluding steroid dienone is 3. The summed E-state index contributed by atoms with van der Waals surface area (Å²) < 4.78 is 5.22. The Morgan fingerprint density at radius 3 is 3.08 bits per heavy atom. The summed E-state index contributed by atoms with van der Waals surface area (Å²) in [5.74, 6) is 0. The minimum absolute atomic E-state index is 0.213. The first-order valence-corrected chi connectivity index (χ1v) is 4.17. The van der Waals surface area contributed by atoms with Gasteiger partial charge in [0.1, 0.15) is 6.61 Å². The molecule has 64 valence electrons. The zero-order valence-electron chi connectivity index (χ0n) is 7.21. The van der Waals surface area contributed by atoms with Crippen LogP contribution in [0.1, 0.15) is 13.3 Å². The van der Waals surface area contributed by atoms with E-state index in [1.165, 1.54) is 11.1 Å². The van der Waals surface area contributed by atoms with Crippen molar-refractivity contribution in [2.45, 2.75) is 18.9 Å². The molecule has 2 aliphatic rings. The van der Waals surface area contributed by atoms with Crippen molar-refractivity contribution in [3.63, 3.8) is 0 Å². The lowest BCUT2D eigenvalue weighted by molar-refractivity contribution is 0.255. The Balaban J connectivity index is 2.43. The van der Waals surface area contributed by atoms with Crippen molar-refractivity contribution in [2.24, 2.45) is 5.73 Å². The SMILES string of the molecule is CC1(N)CC=CC2=C1COC=C2. The van der Waals surface area contributed by atoms with Gasteiger partial charge in [-0.2, -0.15) is 0 Å². The first kappa shape index (κ1) is 7.62. The molecule has 0 aromatic carbocycles. The average molecular weight is 163 g/mol. The molecule has 1 unspecified atom stereocenters. The highest BCUT2D eigenvalue weighted by Gasteiger charge is 2.28. The van der Waals surface area contributed by atoms with E-state index >= 15 is 0 Å². The third-order valence-electron chi connectivity index (χ3n) is 2.45. The molecule has 2 N–H and O–H groups in total. The molecule has 12 heavy (non-hydrogen) atoms. The number of ether oxygens (including phenoxy) is 1. The first-order valence-electron chi connectivity index (χ1n) is 4.17. The van der Waals surface area contributed by atoms with Gasteiger partial charge in [-0.1, -0.05) is 12.2 Å². The summed E-state index contributed by atoms with van der Waals surface area (Å²) in [6.45, 7) is 2.69. The molecule has 0 spiro atoms. The number of hydrogen-bond acceptors (Lipinski definition) is 2. The minimum Gasteiger partial charge on any atom is -0.497 e. The number of hydrogen-bond donors (Lipinski definition) is 1. The van der Waals surface area contributed by atoms with Crippen LogP contribution in [-0.4, -0.2) is 12.1 Å². The fraction of sp³-hybridized carbons (Fsp3) is 0.400. The Bertz CT molecular complexity index is 280. The highest BCUT2D eigenvalue weighted by atomic mass is 16.5. The van der Waals surface area contributed by atoms with Gasteiger partial charge in [-0.3, -0.25) is 0 Å². The smallest absolute Gasteiger partial charge is 0.111 e. The second-order valence-corrected chi connectivity index (χ2v) is 3.57. The van der Waals surface area contributed by atoms with E-state index in [9.17, 15) is 0 Å². The molecule has 1 aliphatic carbocycles. The van der Waals surface area contributed by atoms with Gasteiger partial charge in [-0.05, 0) is 30.6 Å². The molecule has 2 heteroatoms. The van der Waals surface area contributed by atoms with Gasteiger partial charge in [0.25, 0.3) is 0 Å². The Labute approximate surface area is 72.4 Å². The highest BCUT2D eigenvalue weighted by Crippen LogP contribution is 2.29. The number of rotatable bonds is 0. The van der Waals surface area contributed by atoms with E-state index in [-0.39, 0.29) is 5.54 Å². The molecule has 0 aromatic rings. The Kier molecular flexibility index (Phi) is 1.58. The van der Waals surface area contributed by atoms with Gasteiger partial charge < -0.3 is 10.5 Å². The van der Waals surface area contributed by atoms with Crippen LogP contribution in [0.4, 0.5) is 0 Å². The Morgan fingerprint density at radius 2 is 2.33 bits per heavy atom. The fourth-order valence-corrected chi connectivity index (χ4v) is 1.64. The van der Waals surface area contributed by atoms with Gasteiger partial charge in [-0.25, -0.2) is 0 Å². The Hall–Kier alpha value is -1.02. The second kappa shape index (κ2) is 2.49. The molecule has 2 rings (SSSR count). The summed E-state index contributed by atoms with van der Waals surface area (Å²) in [6.07, 6.45) is 8.84. The van der Waals surface area contributed by atoms with Crippen LogP contribution in [0.25, 0.3) is 0 Å². The van der Waals surface area contributed by atoms with Crippen molar-refractivity contribution in [3.05, 3.63) is 35.6 Å². The normalized spacial score (nSPS) is 33.2. The maximum absolute atomic E-state index is 6.11. The van der Waals surface area contributed by atoms with Crippen molar-refractivity contribution in [2.75, 3.05) is 6.61 Å². The molecule has 0 bridgehead atoms. The van der Waals surface area contributed by atoms with Crippen LogP contribution in [0.5, 0.6) is 0 Å². The molecule has 1 aliphatic heterocycles. The van der Waals surface area contributed by atoms with E-state index in [4.69, 9.17) is 10.5 Å². The zero-order chi connectivity index (χ0) is 8.60. The van der Waals surface area contributed by atoms with E-state index in [2.05, 4.69) is 12.2 Å². The van der Waals surface area contributed by atoms with Crippen molar-refractivity contribution < 1.29 is 4.74 Å². The molecule has 0 saturated carbocycles. The van der Waals surface area contributed by atoms with Gasteiger partial charge in [-0.15, -0.1) is 0 Å². The highest BCUT2D eigenvalue weighted by molar-refractivity contribution is 5.45. The maximum Gasteiger partial charge on any atom is 0.111 e. The summed E-state index contributed by atoms with van der Waals surface area (Å²) in [7, 11) is 0. The summed E-state index contributed by atoms with van der Waals surface area (Å²) >= 11 is 0. The molecule has 1 atom stereocenters. The quantitative estimate of drug-likeness (QED) is 0.587. The summed E-state index contributed by atoms with van der Waals surface area (Å²) in [6, 6.07) is 0. The first-order chi connectivity index (χ1) is 5.70. The van der Waals surface area contributed by atoms with Gasteiger partial charge in [0.2, 0.25) is 0 Å². The van der Waals surface area contributed by atoms with E-state index in [1.807, 2.05) is 13.0 Å². The van der Waals surface area contributed by atoms with Crippen LogP contribution in [0.2, 0.25) is 0 Å². The minimum atomic E-state index is -0.213. The molecule has 0 radical (unpaired) electrons. The van der Waals surface area contributed by atoms with Gasteiger partial charge in [0, 0.05) is 5.54 Å². The molecular weight excluding hydrogens is 150 g/mol. The zero-order valence-corrected chi connectivity index (χ0v) is 7.21. The lowest BCUT2D eigenvalue weighted by Gasteiger charge is -2.32. The average Bonchev–Trinajstić information content (AvgIpc) is 2.04. The van der Waals surface area contributed by atoms with Crippen molar-refractivity contribution in [3.8, 4) is 0 Å². The van der Waals surface area contributed by atoms with E-state index in [1.54, 1.807) is 6.26 Å². The van der Waals surface area contributed by atoms with Crippen molar-refractivity contribution in [1.29, 1.82) is 0 Å². The Morgan fingerprint density at radius 1 is 1.50 bits per heavy atom. The van der Waals surface area contributed by atoms with Crippen LogP contribution in [0.15, 0.2) is 35.6 Å². The monoisotopic (exact) mass is 163 g/mol. The number of nitrogens with two attached hydrogens (primary N) is 1. The molecular formula is C10H13NO. The summed E-state index contributed by atoms with van der Waals surface area (Å²) in [5, 5.41) is 0. The van der Waals surface area contributed by atoms with E-state index in [0.29, 0.717) is 6.61 Å². The van der Waals surface area contributed by atoms with Crippen LogP contribution in [-0.2, 0) is 4.74 Å². The predicted molar refractivity (Wildman–Crippen MR) is 48.5 cm³/mol. The van der Waals surface area contributed by atoms with Crippen LogP contribution in [0.3, 0.4) is 0 Å². The fourth-order valence-electron chi connectivity index (χ4n) is 1.64. The standard InChI is InChI=1S/C10H13NO/c1-10(11)5-2-3-8-4-6-12-7-9(8)10/h2-4,6H,5,7,11H2,1H3. The van der Waals surface area contributed by atoms with E-state index < -0.39 is 0 Å². The maximum atomic E-state index is 6.11. The summed E-state index contributed by atoms with van der Waals surface area (Å²) in [4.78, 5) is 0. The third kappa shape index (κ3) is 1.08. The molecule has 0 amide bonds. The van der Waals surface area contributed by atoms with Crippen molar-refractivity contribution in [1.82, 2.24) is 0 Å². The third-order valence-corrected chi connectivity index (χ3v) is 2.45. The summed E-state index contributed by atoms with van der Waals surface area (Å²) in [5.41, 5.74) is 8.33. The van der Waals surface area contributed by atoms with Crippen LogP contribution < -0.4 is 5.73 Å². The van der Waals surface area contributed by atoms with E-state index in [0.717, 1.165) is 6.42 Å². The molecule has 0 aromatic heterocycles. The van der Waals surface area contributed by atoms with Crippen molar-refractivity contribution >= 4 is 0 Å². The second-order valence-electron chi connectivity index (χ2n) is 3.57.